The van der Waals surface area contributed by atoms with Gasteiger partial charge in [-0.2, -0.15) is 0 Å². The Morgan fingerprint density at radius 3 is 2.80 bits per heavy atom. The van der Waals surface area contributed by atoms with Crippen LogP contribution < -0.4 is 11.1 Å². The average molecular weight is 333 g/mol. The van der Waals surface area contributed by atoms with Gasteiger partial charge in [0, 0.05) is 15.5 Å². The molecular formula is C14H10BrFN4. The number of aromatic nitrogens is 2. The number of hydrogen-bond donors (Lipinski definition) is 2. The molecular weight excluding hydrogens is 323 g/mol. The molecule has 1 aromatic heterocycles. The smallest absolute Gasteiger partial charge is 0.141 e. The second-order valence-corrected chi connectivity index (χ2v) is 5.10. The number of halogens is 2. The molecule has 0 aliphatic rings. The second kappa shape index (κ2) is 5.05. The van der Waals surface area contributed by atoms with Gasteiger partial charge in [0.25, 0.3) is 0 Å². The van der Waals surface area contributed by atoms with Crippen molar-refractivity contribution in [1.29, 1.82) is 0 Å². The van der Waals surface area contributed by atoms with E-state index < -0.39 is 0 Å². The number of nitrogens with one attached hydrogen (secondary N) is 1. The van der Waals surface area contributed by atoms with E-state index in [1.807, 2.05) is 6.07 Å². The summed E-state index contributed by atoms with van der Waals surface area (Å²) >= 11 is 3.37. The molecule has 4 nitrogen and oxygen atoms in total. The molecule has 0 saturated heterocycles. The normalized spacial score (nSPS) is 10.7. The Hall–Kier alpha value is -2.21. The first kappa shape index (κ1) is 12.8. The van der Waals surface area contributed by atoms with Gasteiger partial charge in [0.05, 0.1) is 11.2 Å². The van der Waals surface area contributed by atoms with Gasteiger partial charge in [0.15, 0.2) is 0 Å². The maximum Gasteiger partial charge on any atom is 0.141 e. The molecule has 0 aliphatic carbocycles. The van der Waals surface area contributed by atoms with Crippen LogP contribution in [-0.4, -0.2) is 9.97 Å². The average Bonchev–Trinajstić information content (AvgIpc) is 2.43. The largest absolute Gasteiger partial charge is 0.399 e. The van der Waals surface area contributed by atoms with Gasteiger partial charge in [-0.3, -0.25) is 0 Å². The molecule has 0 amide bonds. The molecule has 0 radical (unpaired) electrons. The zero-order chi connectivity index (χ0) is 14.1. The van der Waals surface area contributed by atoms with E-state index in [-0.39, 0.29) is 5.82 Å². The molecule has 3 aromatic rings. The predicted octanol–water partition coefficient (Wildman–Crippen LogP) is 3.86. The maximum atomic E-state index is 13.3. The summed E-state index contributed by atoms with van der Waals surface area (Å²) in [6, 6.07) is 9.79. The number of hydrogen-bond acceptors (Lipinski definition) is 4. The van der Waals surface area contributed by atoms with Gasteiger partial charge < -0.3 is 11.1 Å². The van der Waals surface area contributed by atoms with Gasteiger partial charge in [-0.05, 0) is 52.3 Å². The van der Waals surface area contributed by atoms with Crippen LogP contribution in [0.3, 0.4) is 0 Å². The highest BCUT2D eigenvalue weighted by atomic mass is 79.9. The van der Waals surface area contributed by atoms with Crippen LogP contribution >= 0.6 is 15.9 Å². The summed E-state index contributed by atoms with van der Waals surface area (Å²) in [5.74, 6) is 0.277. The van der Waals surface area contributed by atoms with E-state index in [9.17, 15) is 4.39 Å². The first-order valence-electron chi connectivity index (χ1n) is 5.86. The molecule has 0 unspecified atom stereocenters. The van der Waals surface area contributed by atoms with Crippen LogP contribution in [0.4, 0.5) is 21.6 Å². The maximum absolute atomic E-state index is 13.3. The van der Waals surface area contributed by atoms with Crippen LogP contribution in [0.5, 0.6) is 0 Å². The summed E-state index contributed by atoms with van der Waals surface area (Å²) in [5, 5.41) is 3.91. The van der Waals surface area contributed by atoms with Crippen molar-refractivity contribution in [3.05, 3.63) is 53.0 Å². The van der Waals surface area contributed by atoms with Crippen molar-refractivity contribution in [1.82, 2.24) is 9.97 Å². The molecule has 3 N–H and O–H groups in total. The second-order valence-electron chi connectivity index (χ2n) is 4.25. The monoisotopic (exact) mass is 332 g/mol. The summed E-state index contributed by atoms with van der Waals surface area (Å²) in [4.78, 5) is 8.36. The SMILES string of the molecule is Nc1ccc2c(Nc3cc(F)ccc3Br)ncnc2c1. The van der Waals surface area contributed by atoms with E-state index in [0.29, 0.717) is 17.2 Å². The number of nitrogens with zero attached hydrogens (tertiary/aromatic N) is 2. The van der Waals surface area contributed by atoms with Crippen molar-refractivity contribution in [2.45, 2.75) is 0 Å². The Bertz CT molecular complexity index is 791. The lowest BCUT2D eigenvalue weighted by molar-refractivity contribution is 0.628. The standard InChI is InChI=1S/C14H10BrFN4/c15-11-4-1-8(16)5-13(11)20-14-10-3-2-9(17)6-12(10)18-7-19-14/h1-7H,17H2,(H,18,19,20). The minimum absolute atomic E-state index is 0.321. The number of fused-ring (bicyclic) bond motifs is 1. The highest BCUT2D eigenvalue weighted by Crippen LogP contribution is 2.29. The summed E-state index contributed by atoms with van der Waals surface area (Å²) in [7, 11) is 0. The topological polar surface area (TPSA) is 63.8 Å². The zero-order valence-corrected chi connectivity index (χ0v) is 11.9. The van der Waals surface area contributed by atoms with Crippen molar-refractivity contribution >= 4 is 44.0 Å². The lowest BCUT2D eigenvalue weighted by atomic mass is 10.2. The van der Waals surface area contributed by atoms with Crippen molar-refractivity contribution in [2.75, 3.05) is 11.1 Å². The summed E-state index contributed by atoms with van der Waals surface area (Å²) in [6.07, 6.45) is 1.44. The third-order valence-electron chi connectivity index (χ3n) is 2.84. The number of benzene rings is 2. The lowest BCUT2D eigenvalue weighted by Crippen LogP contribution is -1.98. The fourth-order valence-corrected chi connectivity index (χ4v) is 2.24. The molecule has 0 aliphatic heterocycles. The fraction of sp³-hybridized carbons (Fsp3) is 0. The molecule has 0 fully saturated rings. The lowest BCUT2D eigenvalue weighted by Gasteiger charge is -2.10. The van der Waals surface area contributed by atoms with Gasteiger partial charge in [-0.25, -0.2) is 14.4 Å². The molecule has 3 rings (SSSR count). The minimum Gasteiger partial charge on any atom is -0.399 e. The van der Waals surface area contributed by atoms with E-state index in [1.54, 1.807) is 18.2 Å². The summed E-state index contributed by atoms with van der Waals surface area (Å²) in [6.45, 7) is 0. The minimum atomic E-state index is -0.321. The predicted molar refractivity (Wildman–Crippen MR) is 81.3 cm³/mol. The molecule has 0 spiro atoms. The molecule has 20 heavy (non-hydrogen) atoms. The first-order valence-corrected chi connectivity index (χ1v) is 6.65. The van der Waals surface area contributed by atoms with Crippen LogP contribution in [0.15, 0.2) is 47.2 Å². The molecule has 1 heterocycles. The molecule has 100 valence electrons. The van der Waals surface area contributed by atoms with Crippen molar-refractivity contribution in [3.8, 4) is 0 Å². The molecule has 0 bridgehead atoms. The van der Waals surface area contributed by atoms with Gasteiger partial charge >= 0.3 is 0 Å². The Kier molecular flexibility index (Phi) is 3.23. The highest BCUT2D eigenvalue weighted by molar-refractivity contribution is 9.10. The molecule has 2 aromatic carbocycles. The van der Waals surface area contributed by atoms with Gasteiger partial charge in [0.1, 0.15) is 18.0 Å². The van der Waals surface area contributed by atoms with Crippen molar-refractivity contribution in [3.63, 3.8) is 0 Å². The Morgan fingerprint density at radius 2 is 1.95 bits per heavy atom. The number of nitrogen functional groups attached to an aromatic ring is 1. The molecule has 6 heteroatoms. The van der Waals surface area contributed by atoms with Gasteiger partial charge in [-0.15, -0.1) is 0 Å². The Balaban J connectivity index is 2.09. The zero-order valence-electron chi connectivity index (χ0n) is 10.3. The quantitative estimate of drug-likeness (QED) is 0.699. The van der Waals surface area contributed by atoms with Crippen molar-refractivity contribution < 1.29 is 4.39 Å². The van der Waals surface area contributed by atoms with Crippen LogP contribution in [0.1, 0.15) is 0 Å². The highest BCUT2D eigenvalue weighted by Gasteiger charge is 2.07. The van der Waals surface area contributed by atoms with Crippen LogP contribution in [-0.2, 0) is 0 Å². The van der Waals surface area contributed by atoms with E-state index in [1.165, 1.54) is 18.5 Å². The Morgan fingerprint density at radius 1 is 1.10 bits per heavy atom. The van der Waals surface area contributed by atoms with E-state index in [0.717, 1.165) is 15.4 Å². The van der Waals surface area contributed by atoms with Crippen molar-refractivity contribution in [2.24, 2.45) is 0 Å². The number of nitrogens with two attached hydrogens (primary N) is 1. The van der Waals surface area contributed by atoms with E-state index >= 15 is 0 Å². The van der Waals surface area contributed by atoms with E-state index in [4.69, 9.17) is 5.73 Å². The van der Waals surface area contributed by atoms with Crippen LogP contribution in [0.2, 0.25) is 0 Å². The third kappa shape index (κ3) is 2.42. The molecule has 0 saturated carbocycles. The van der Waals surface area contributed by atoms with Gasteiger partial charge in [0.2, 0.25) is 0 Å². The van der Waals surface area contributed by atoms with Crippen LogP contribution in [0, 0.1) is 5.82 Å². The van der Waals surface area contributed by atoms with Crippen LogP contribution in [0.25, 0.3) is 10.9 Å². The third-order valence-corrected chi connectivity index (χ3v) is 3.53. The Labute approximate surface area is 123 Å². The number of rotatable bonds is 2. The number of anilines is 3. The first-order chi connectivity index (χ1) is 9.63. The summed E-state index contributed by atoms with van der Waals surface area (Å²) < 4.78 is 14.1. The van der Waals surface area contributed by atoms with E-state index in [2.05, 4.69) is 31.2 Å². The fourth-order valence-electron chi connectivity index (χ4n) is 1.89. The molecule has 0 atom stereocenters. The summed E-state index contributed by atoms with van der Waals surface area (Å²) in [5.41, 5.74) is 7.70. The van der Waals surface area contributed by atoms with Gasteiger partial charge in [-0.1, -0.05) is 0 Å².